The van der Waals surface area contributed by atoms with Gasteiger partial charge in [-0.1, -0.05) is 37.3 Å². The molecule has 2 aromatic carbocycles. The molecule has 3 aromatic rings. The molecule has 37 heavy (non-hydrogen) atoms. The van der Waals surface area contributed by atoms with Crippen molar-refractivity contribution < 1.29 is 27.4 Å². The van der Waals surface area contributed by atoms with Gasteiger partial charge >= 0.3 is 6.09 Å². The third kappa shape index (κ3) is 8.66. The maximum absolute atomic E-state index is 14.4. The number of rotatable bonds is 10. The molecule has 7 nitrogen and oxygen atoms in total. The highest BCUT2D eigenvalue weighted by Gasteiger charge is 2.21. The molecule has 0 aliphatic heterocycles. The Kier molecular flexibility index (Phi) is 9.32. The summed E-state index contributed by atoms with van der Waals surface area (Å²) in [6, 6.07) is 11.0. The van der Waals surface area contributed by atoms with Gasteiger partial charge in [0.15, 0.2) is 17.4 Å². The molecule has 0 aliphatic rings. The zero-order valence-corrected chi connectivity index (χ0v) is 21.3. The first-order chi connectivity index (χ1) is 17.5. The first-order valence-corrected chi connectivity index (χ1v) is 11.9. The highest BCUT2D eigenvalue weighted by Crippen LogP contribution is 2.24. The number of hydrogen-bond donors (Lipinski definition) is 1. The predicted octanol–water partition coefficient (Wildman–Crippen LogP) is 5.61. The number of anilines is 1. The lowest BCUT2D eigenvalue weighted by atomic mass is 9.99. The number of ether oxygens (including phenoxy) is 2. The Morgan fingerprint density at radius 1 is 1.03 bits per heavy atom. The number of carbonyl (C=O) groups excluding carboxylic acids is 1. The van der Waals surface area contributed by atoms with Crippen LogP contribution in [0.4, 0.5) is 23.9 Å². The van der Waals surface area contributed by atoms with Crippen molar-refractivity contribution in [2.24, 2.45) is 0 Å². The summed E-state index contributed by atoms with van der Waals surface area (Å²) in [5, 5.41) is 2.66. The fourth-order valence-electron chi connectivity index (χ4n) is 3.51. The maximum atomic E-state index is 14.4. The first-order valence-electron chi connectivity index (χ1n) is 11.9. The largest absolute Gasteiger partial charge is 0.486 e. The fourth-order valence-corrected chi connectivity index (χ4v) is 3.51. The average Bonchev–Trinajstić information content (AvgIpc) is 2.84. The van der Waals surface area contributed by atoms with Crippen LogP contribution in [0.5, 0.6) is 5.75 Å². The number of carbonyl (C=O) groups is 1. The van der Waals surface area contributed by atoms with Crippen molar-refractivity contribution in [3.05, 3.63) is 83.4 Å². The second kappa shape index (κ2) is 12.4. The highest BCUT2D eigenvalue weighted by atomic mass is 19.2. The van der Waals surface area contributed by atoms with Crippen LogP contribution in [0.2, 0.25) is 0 Å². The Morgan fingerprint density at radius 2 is 1.68 bits per heavy atom. The Morgan fingerprint density at radius 3 is 2.32 bits per heavy atom. The number of aromatic nitrogens is 2. The van der Waals surface area contributed by atoms with Crippen LogP contribution in [0.1, 0.15) is 44.7 Å². The number of amides is 1. The minimum absolute atomic E-state index is 0.0202. The number of nitrogens with zero attached hydrogens (tertiary/aromatic N) is 3. The van der Waals surface area contributed by atoms with E-state index in [1.165, 1.54) is 12.4 Å². The molecular formula is C27H31F3N4O3. The minimum atomic E-state index is -1.25. The van der Waals surface area contributed by atoms with Gasteiger partial charge in [0.05, 0.1) is 12.4 Å². The zero-order chi connectivity index (χ0) is 27.0. The summed E-state index contributed by atoms with van der Waals surface area (Å²) in [6.45, 7) is 7.89. The van der Waals surface area contributed by atoms with E-state index in [9.17, 15) is 18.0 Å². The van der Waals surface area contributed by atoms with E-state index < -0.39 is 35.1 Å². The highest BCUT2D eigenvalue weighted by molar-refractivity contribution is 5.67. The van der Waals surface area contributed by atoms with E-state index in [-0.39, 0.29) is 25.2 Å². The SMILES string of the molecule is C[C@H](CN(CCNC(=O)OC(C)(C)C)c1ncc(OCc2ccccc2)cn1)c1cc(F)c(F)cc1F. The third-order valence-corrected chi connectivity index (χ3v) is 5.26. The van der Waals surface area contributed by atoms with Crippen LogP contribution in [-0.2, 0) is 11.3 Å². The van der Waals surface area contributed by atoms with Gasteiger partial charge in [-0.15, -0.1) is 0 Å². The molecule has 1 atom stereocenters. The lowest BCUT2D eigenvalue weighted by Crippen LogP contribution is -2.39. The molecular weight excluding hydrogens is 485 g/mol. The van der Waals surface area contributed by atoms with Gasteiger partial charge < -0.3 is 19.7 Å². The van der Waals surface area contributed by atoms with Crippen LogP contribution in [-0.4, -0.2) is 41.3 Å². The normalized spacial score (nSPS) is 12.1. The van der Waals surface area contributed by atoms with Gasteiger partial charge in [0, 0.05) is 31.6 Å². The van der Waals surface area contributed by atoms with Crippen molar-refractivity contribution in [3.63, 3.8) is 0 Å². The maximum Gasteiger partial charge on any atom is 0.407 e. The van der Waals surface area contributed by atoms with E-state index >= 15 is 0 Å². The summed E-state index contributed by atoms with van der Waals surface area (Å²) >= 11 is 0. The van der Waals surface area contributed by atoms with Crippen molar-refractivity contribution in [1.29, 1.82) is 0 Å². The van der Waals surface area contributed by atoms with E-state index in [2.05, 4.69) is 15.3 Å². The zero-order valence-electron chi connectivity index (χ0n) is 21.3. The number of hydrogen-bond acceptors (Lipinski definition) is 6. The third-order valence-electron chi connectivity index (χ3n) is 5.26. The average molecular weight is 517 g/mol. The molecule has 1 heterocycles. The van der Waals surface area contributed by atoms with E-state index in [1.807, 2.05) is 30.3 Å². The number of nitrogens with one attached hydrogen (secondary N) is 1. The first kappa shape index (κ1) is 27.8. The van der Waals surface area contributed by atoms with Gasteiger partial charge in [0.2, 0.25) is 5.95 Å². The van der Waals surface area contributed by atoms with E-state index in [0.29, 0.717) is 24.4 Å². The predicted molar refractivity (Wildman–Crippen MR) is 134 cm³/mol. The quantitative estimate of drug-likeness (QED) is 0.353. The molecule has 1 N–H and O–H groups in total. The summed E-state index contributed by atoms with van der Waals surface area (Å²) in [7, 11) is 0. The van der Waals surface area contributed by atoms with Gasteiger partial charge in [-0.3, -0.25) is 0 Å². The molecule has 0 aliphatic carbocycles. The van der Waals surface area contributed by atoms with Crippen molar-refractivity contribution >= 4 is 12.0 Å². The Bertz CT molecular complexity index is 1170. The van der Waals surface area contributed by atoms with Gasteiger partial charge in [-0.25, -0.2) is 27.9 Å². The smallest absolute Gasteiger partial charge is 0.407 e. The van der Waals surface area contributed by atoms with Crippen LogP contribution in [0.15, 0.2) is 54.9 Å². The summed E-state index contributed by atoms with van der Waals surface area (Å²) < 4.78 is 52.6. The topological polar surface area (TPSA) is 76.6 Å². The van der Waals surface area contributed by atoms with Crippen molar-refractivity contribution in [2.75, 3.05) is 24.5 Å². The van der Waals surface area contributed by atoms with E-state index in [4.69, 9.17) is 9.47 Å². The molecule has 0 spiro atoms. The minimum Gasteiger partial charge on any atom is -0.486 e. The number of halogens is 3. The monoisotopic (exact) mass is 516 g/mol. The summed E-state index contributed by atoms with van der Waals surface area (Å²) in [5.41, 5.74) is 0.358. The van der Waals surface area contributed by atoms with E-state index in [1.54, 1.807) is 32.6 Å². The van der Waals surface area contributed by atoms with Crippen LogP contribution in [0, 0.1) is 17.5 Å². The van der Waals surface area contributed by atoms with Crippen LogP contribution >= 0.6 is 0 Å². The number of benzene rings is 2. The Labute approximate surface area is 214 Å². The van der Waals surface area contributed by atoms with Gasteiger partial charge in [-0.05, 0) is 38.0 Å². The molecule has 0 saturated carbocycles. The lowest BCUT2D eigenvalue weighted by molar-refractivity contribution is 0.0529. The molecule has 1 amide bonds. The van der Waals surface area contributed by atoms with Gasteiger partial charge in [-0.2, -0.15) is 0 Å². The fraction of sp³-hybridized carbons (Fsp3) is 0.370. The molecule has 0 unspecified atom stereocenters. The molecule has 1 aromatic heterocycles. The van der Waals surface area contributed by atoms with Crippen LogP contribution in [0.3, 0.4) is 0 Å². The number of alkyl carbamates (subject to hydrolysis) is 1. The standard InChI is InChI=1S/C27H31F3N4O3/c1-18(21-12-23(29)24(30)13-22(21)28)16-34(11-10-31-26(35)37-27(2,3)4)25-32-14-20(15-33-25)36-17-19-8-6-5-7-9-19/h5-9,12-15,18H,10-11,16-17H2,1-4H3,(H,31,35)/t18-/m1/s1. The molecule has 0 saturated heterocycles. The van der Waals surface area contributed by atoms with Crippen molar-refractivity contribution in [1.82, 2.24) is 15.3 Å². The molecule has 0 radical (unpaired) electrons. The van der Waals surface area contributed by atoms with Gasteiger partial charge in [0.1, 0.15) is 18.0 Å². The second-order valence-electron chi connectivity index (χ2n) is 9.56. The lowest BCUT2D eigenvalue weighted by Gasteiger charge is -2.27. The summed E-state index contributed by atoms with van der Waals surface area (Å²) in [5.74, 6) is -3.01. The van der Waals surface area contributed by atoms with E-state index in [0.717, 1.165) is 11.6 Å². The molecule has 0 bridgehead atoms. The Hall–Kier alpha value is -3.82. The molecule has 10 heteroatoms. The van der Waals surface area contributed by atoms with Crippen LogP contribution < -0.4 is 15.0 Å². The second-order valence-corrected chi connectivity index (χ2v) is 9.56. The van der Waals surface area contributed by atoms with Crippen molar-refractivity contribution in [3.8, 4) is 5.75 Å². The molecule has 198 valence electrons. The van der Waals surface area contributed by atoms with Crippen molar-refractivity contribution in [2.45, 2.75) is 45.8 Å². The van der Waals surface area contributed by atoms with Gasteiger partial charge in [0.25, 0.3) is 0 Å². The molecule has 0 fully saturated rings. The Balaban J connectivity index is 1.72. The molecule has 3 rings (SSSR count). The van der Waals surface area contributed by atoms with Crippen LogP contribution in [0.25, 0.3) is 0 Å². The summed E-state index contributed by atoms with van der Waals surface area (Å²) in [6.07, 6.45) is 2.45. The summed E-state index contributed by atoms with van der Waals surface area (Å²) in [4.78, 5) is 22.5.